The first-order valence-electron chi connectivity index (χ1n) is 7.63. The average Bonchev–Trinajstić information content (AvgIpc) is 2.52. The number of hydrogen-bond acceptors (Lipinski definition) is 4. The van der Waals surface area contributed by atoms with E-state index < -0.39 is 0 Å². The fourth-order valence-electron chi connectivity index (χ4n) is 2.11. The minimum absolute atomic E-state index is 0.0661. The van der Waals surface area contributed by atoms with Gasteiger partial charge in [-0.1, -0.05) is 0 Å². The number of carbonyl (C=O) groups is 2. The number of anilines is 1. The van der Waals surface area contributed by atoms with Gasteiger partial charge in [0.15, 0.2) is 0 Å². The van der Waals surface area contributed by atoms with Gasteiger partial charge in [0.2, 0.25) is 11.8 Å². The molecule has 0 aliphatic heterocycles. The highest BCUT2D eigenvalue weighted by atomic mass is 16.2. The van der Waals surface area contributed by atoms with Gasteiger partial charge in [-0.15, -0.1) is 0 Å². The summed E-state index contributed by atoms with van der Waals surface area (Å²) in [6.45, 7) is 3.34. The van der Waals surface area contributed by atoms with Gasteiger partial charge in [-0.05, 0) is 51.3 Å². The van der Waals surface area contributed by atoms with Crippen LogP contribution in [0.1, 0.15) is 25.3 Å². The summed E-state index contributed by atoms with van der Waals surface area (Å²) in [7, 11) is 3.98. The van der Waals surface area contributed by atoms with Gasteiger partial charge in [0.1, 0.15) is 0 Å². The number of rotatable bonds is 8. The Morgan fingerprint density at radius 2 is 1.83 bits per heavy atom. The zero-order valence-corrected chi connectivity index (χ0v) is 14.0. The van der Waals surface area contributed by atoms with Crippen molar-refractivity contribution in [3.8, 4) is 6.07 Å². The fourth-order valence-corrected chi connectivity index (χ4v) is 2.11. The first-order chi connectivity index (χ1) is 10.9. The maximum absolute atomic E-state index is 11.8. The SMILES string of the molecule is CC(=O)N(CCC(=O)NCCCN(C)C)c1ccc(C#N)cc1. The summed E-state index contributed by atoms with van der Waals surface area (Å²) in [5, 5.41) is 11.7. The van der Waals surface area contributed by atoms with Crippen LogP contribution < -0.4 is 10.2 Å². The third kappa shape index (κ3) is 6.94. The van der Waals surface area contributed by atoms with Crippen LogP contribution in [0.25, 0.3) is 0 Å². The van der Waals surface area contributed by atoms with Gasteiger partial charge in [0, 0.05) is 32.1 Å². The van der Waals surface area contributed by atoms with Gasteiger partial charge in [-0.2, -0.15) is 5.26 Å². The van der Waals surface area contributed by atoms with Crippen LogP contribution in [-0.4, -0.2) is 50.4 Å². The van der Waals surface area contributed by atoms with Crippen molar-refractivity contribution in [3.05, 3.63) is 29.8 Å². The van der Waals surface area contributed by atoms with E-state index in [2.05, 4.69) is 10.2 Å². The van der Waals surface area contributed by atoms with Gasteiger partial charge in [-0.25, -0.2) is 0 Å². The summed E-state index contributed by atoms with van der Waals surface area (Å²) in [6.07, 6.45) is 1.15. The van der Waals surface area contributed by atoms with Crippen LogP contribution >= 0.6 is 0 Å². The summed E-state index contributed by atoms with van der Waals surface area (Å²) < 4.78 is 0. The molecule has 0 aromatic heterocycles. The van der Waals surface area contributed by atoms with Gasteiger partial charge in [-0.3, -0.25) is 9.59 Å². The summed E-state index contributed by atoms with van der Waals surface area (Å²) in [5.41, 5.74) is 1.23. The predicted octanol–water partition coefficient (Wildman–Crippen LogP) is 1.37. The topological polar surface area (TPSA) is 76.4 Å². The van der Waals surface area contributed by atoms with E-state index in [1.165, 1.54) is 6.92 Å². The number of benzene rings is 1. The van der Waals surface area contributed by atoms with Crippen LogP contribution in [0.5, 0.6) is 0 Å². The number of nitrogens with one attached hydrogen (secondary N) is 1. The lowest BCUT2D eigenvalue weighted by Gasteiger charge is -2.21. The smallest absolute Gasteiger partial charge is 0.223 e. The third-order valence-corrected chi connectivity index (χ3v) is 3.35. The van der Waals surface area contributed by atoms with Crippen LogP contribution in [-0.2, 0) is 9.59 Å². The van der Waals surface area contributed by atoms with E-state index in [1.807, 2.05) is 20.2 Å². The van der Waals surface area contributed by atoms with E-state index in [0.717, 1.165) is 13.0 Å². The van der Waals surface area contributed by atoms with Crippen LogP contribution in [0.4, 0.5) is 5.69 Å². The van der Waals surface area contributed by atoms with Crippen molar-refractivity contribution in [1.29, 1.82) is 5.26 Å². The highest BCUT2D eigenvalue weighted by Crippen LogP contribution is 2.15. The Morgan fingerprint density at radius 1 is 1.17 bits per heavy atom. The average molecular weight is 316 g/mol. The number of carbonyl (C=O) groups excluding carboxylic acids is 2. The van der Waals surface area contributed by atoms with Crippen LogP contribution in [0, 0.1) is 11.3 Å². The first-order valence-corrected chi connectivity index (χ1v) is 7.63. The molecule has 0 unspecified atom stereocenters. The minimum Gasteiger partial charge on any atom is -0.356 e. The molecular weight excluding hydrogens is 292 g/mol. The Balaban J connectivity index is 2.48. The van der Waals surface area contributed by atoms with Crippen molar-refractivity contribution in [3.63, 3.8) is 0 Å². The van der Waals surface area contributed by atoms with E-state index in [9.17, 15) is 9.59 Å². The molecule has 0 aliphatic carbocycles. The standard InChI is InChI=1S/C17H24N4O2/c1-14(22)21(16-7-5-15(13-18)6-8-16)12-9-17(23)19-10-4-11-20(2)3/h5-8H,4,9-12H2,1-3H3,(H,19,23). The van der Waals surface area contributed by atoms with Gasteiger partial charge in [0.25, 0.3) is 0 Å². The molecule has 0 bridgehead atoms. The second kappa shape index (κ2) is 9.59. The van der Waals surface area contributed by atoms with E-state index >= 15 is 0 Å². The first kappa shape index (κ1) is 18.7. The summed E-state index contributed by atoms with van der Waals surface area (Å²) in [5.74, 6) is -0.196. The molecule has 6 heteroatoms. The molecule has 1 N–H and O–H groups in total. The second-order valence-electron chi connectivity index (χ2n) is 5.59. The van der Waals surface area contributed by atoms with Crippen molar-refractivity contribution in [1.82, 2.24) is 10.2 Å². The van der Waals surface area contributed by atoms with Crippen molar-refractivity contribution < 1.29 is 9.59 Å². The Labute approximate surface area is 137 Å². The Morgan fingerprint density at radius 3 is 2.35 bits per heavy atom. The summed E-state index contributed by atoms with van der Waals surface area (Å²) >= 11 is 0. The second-order valence-corrected chi connectivity index (χ2v) is 5.59. The monoisotopic (exact) mass is 316 g/mol. The van der Waals surface area contributed by atoms with E-state index in [1.54, 1.807) is 29.2 Å². The van der Waals surface area contributed by atoms with Crippen LogP contribution in [0.15, 0.2) is 24.3 Å². The zero-order chi connectivity index (χ0) is 17.2. The Kier molecular flexibility index (Phi) is 7.78. The molecule has 1 aromatic carbocycles. The predicted molar refractivity (Wildman–Crippen MR) is 90.0 cm³/mol. The number of amides is 2. The molecule has 0 heterocycles. The molecule has 0 radical (unpaired) electrons. The summed E-state index contributed by atoms with van der Waals surface area (Å²) in [6, 6.07) is 8.79. The van der Waals surface area contributed by atoms with Crippen LogP contribution in [0.3, 0.4) is 0 Å². The molecule has 124 valence electrons. The van der Waals surface area contributed by atoms with Crippen molar-refractivity contribution >= 4 is 17.5 Å². The molecule has 0 saturated carbocycles. The van der Waals surface area contributed by atoms with E-state index in [-0.39, 0.29) is 18.2 Å². The molecule has 0 saturated heterocycles. The summed E-state index contributed by atoms with van der Waals surface area (Å²) in [4.78, 5) is 27.2. The van der Waals surface area contributed by atoms with E-state index in [0.29, 0.717) is 24.3 Å². The molecule has 1 aromatic rings. The molecular formula is C17H24N4O2. The van der Waals surface area contributed by atoms with Crippen LogP contribution in [0.2, 0.25) is 0 Å². The maximum atomic E-state index is 11.8. The van der Waals surface area contributed by atoms with Crippen molar-refractivity contribution in [2.45, 2.75) is 19.8 Å². The van der Waals surface area contributed by atoms with Gasteiger partial charge < -0.3 is 15.1 Å². The minimum atomic E-state index is -0.130. The number of hydrogen-bond donors (Lipinski definition) is 1. The zero-order valence-electron chi connectivity index (χ0n) is 14.0. The maximum Gasteiger partial charge on any atom is 0.223 e. The molecule has 0 aliphatic rings. The van der Waals surface area contributed by atoms with Crippen molar-refractivity contribution in [2.24, 2.45) is 0 Å². The van der Waals surface area contributed by atoms with E-state index in [4.69, 9.17) is 5.26 Å². The Hall–Kier alpha value is -2.39. The van der Waals surface area contributed by atoms with Crippen molar-refractivity contribution in [2.75, 3.05) is 38.6 Å². The lowest BCUT2D eigenvalue weighted by Crippen LogP contribution is -2.34. The van der Waals surface area contributed by atoms with Gasteiger partial charge >= 0.3 is 0 Å². The highest BCUT2D eigenvalue weighted by molar-refractivity contribution is 5.92. The molecule has 23 heavy (non-hydrogen) atoms. The number of nitriles is 1. The highest BCUT2D eigenvalue weighted by Gasteiger charge is 2.13. The molecule has 0 spiro atoms. The Bertz CT molecular complexity index is 561. The molecule has 1 rings (SSSR count). The third-order valence-electron chi connectivity index (χ3n) is 3.35. The quantitative estimate of drug-likeness (QED) is 0.735. The van der Waals surface area contributed by atoms with Gasteiger partial charge in [0.05, 0.1) is 11.6 Å². The number of nitrogens with zero attached hydrogens (tertiary/aromatic N) is 3. The molecule has 6 nitrogen and oxygen atoms in total. The lowest BCUT2D eigenvalue weighted by atomic mass is 10.2. The largest absolute Gasteiger partial charge is 0.356 e. The fraction of sp³-hybridized carbons (Fsp3) is 0.471. The molecule has 2 amide bonds. The lowest BCUT2D eigenvalue weighted by molar-refractivity contribution is -0.121. The molecule has 0 fully saturated rings. The normalized spacial score (nSPS) is 10.2. The molecule has 0 atom stereocenters.